The number of nitrogens with one attached hydrogen (secondary N) is 1. The third kappa shape index (κ3) is 11.4. The van der Waals surface area contributed by atoms with E-state index in [1.54, 1.807) is 47.8 Å². The van der Waals surface area contributed by atoms with E-state index in [0.717, 1.165) is 0 Å². The molecule has 0 spiro atoms. The Balaban J connectivity index is 4.73. The lowest BCUT2D eigenvalue weighted by atomic mass is 10.1. The molecule has 0 aliphatic heterocycles. The average Bonchev–Trinajstić information content (AvgIpc) is 2.18. The molecule has 0 saturated heterocycles. The summed E-state index contributed by atoms with van der Waals surface area (Å²) in [7, 11) is 0. The second-order valence-electron chi connectivity index (χ2n) is 6.80. The van der Waals surface area contributed by atoms with Crippen molar-refractivity contribution in [3.63, 3.8) is 0 Å². The van der Waals surface area contributed by atoms with Gasteiger partial charge >= 0.3 is 12.1 Å². The Labute approximate surface area is 130 Å². The molecule has 6 nitrogen and oxygen atoms in total. The van der Waals surface area contributed by atoms with E-state index in [0.29, 0.717) is 5.75 Å². The van der Waals surface area contributed by atoms with Gasteiger partial charge in [-0.2, -0.15) is 0 Å². The van der Waals surface area contributed by atoms with Crippen LogP contribution >= 0.6 is 0 Å². The molecule has 0 aromatic rings. The molecule has 21 heavy (non-hydrogen) atoms. The first-order valence-corrected chi connectivity index (χ1v) is 8.55. The minimum absolute atomic E-state index is 0.233. The van der Waals surface area contributed by atoms with E-state index in [-0.39, 0.29) is 6.42 Å². The van der Waals surface area contributed by atoms with Crippen molar-refractivity contribution in [3.05, 3.63) is 0 Å². The molecule has 124 valence electrons. The smallest absolute Gasteiger partial charge is 0.408 e. The van der Waals surface area contributed by atoms with Crippen LogP contribution in [0.5, 0.6) is 0 Å². The molecule has 0 aromatic heterocycles. The van der Waals surface area contributed by atoms with Crippen molar-refractivity contribution in [2.24, 2.45) is 0 Å². The van der Waals surface area contributed by atoms with Crippen molar-refractivity contribution in [1.29, 1.82) is 0 Å². The van der Waals surface area contributed by atoms with Crippen LogP contribution in [0.15, 0.2) is 0 Å². The van der Waals surface area contributed by atoms with E-state index in [1.165, 1.54) is 0 Å². The van der Waals surface area contributed by atoms with Crippen molar-refractivity contribution in [1.82, 2.24) is 5.32 Å². The number of amides is 1. The van der Waals surface area contributed by atoms with E-state index in [4.69, 9.17) is 9.47 Å². The number of hydrogen-bond donors (Lipinski definition) is 1. The maximum atomic E-state index is 12.1. The third-order valence-corrected chi connectivity index (χ3v) is 2.89. The standard InChI is InChI=1S/C14H27NO5S/c1-13(2,3)19-11(16)10(8-9-21(7)18)15-12(17)20-14(4,5)6/h10H,8-9H2,1-7H3,(H,15,17)/t10-,21?/m0/s1. The topological polar surface area (TPSA) is 87.7 Å². The highest BCUT2D eigenvalue weighted by Gasteiger charge is 2.29. The van der Waals surface area contributed by atoms with Crippen molar-refractivity contribution < 1.29 is 23.6 Å². The zero-order valence-electron chi connectivity index (χ0n) is 13.9. The lowest BCUT2D eigenvalue weighted by molar-refractivity contribution is -0.157. The molecule has 1 amide bonds. The van der Waals surface area contributed by atoms with Gasteiger partial charge in [0, 0.05) is 6.42 Å². The van der Waals surface area contributed by atoms with Crippen LogP contribution in [-0.4, -0.2) is 45.9 Å². The summed E-state index contributed by atoms with van der Waals surface area (Å²) in [6.45, 7) is 10.4. The molecule has 0 aliphatic rings. The van der Waals surface area contributed by atoms with Crippen LogP contribution in [0.3, 0.4) is 0 Å². The Hall–Kier alpha value is -0.950. The van der Waals surface area contributed by atoms with Crippen molar-refractivity contribution in [2.45, 2.75) is 65.2 Å². The Morgan fingerprint density at radius 1 is 1.10 bits per heavy atom. The molecule has 0 heterocycles. The number of esters is 1. The minimum Gasteiger partial charge on any atom is -0.617 e. The summed E-state index contributed by atoms with van der Waals surface area (Å²) in [6.07, 6.45) is 1.08. The van der Waals surface area contributed by atoms with Crippen LogP contribution in [0.4, 0.5) is 4.79 Å². The van der Waals surface area contributed by atoms with Gasteiger partial charge in [0.05, 0.1) is 6.26 Å². The van der Waals surface area contributed by atoms with Gasteiger partial charge in [-0.1, -0.05) is 11.2 Å². The zero-order valence-corrected chi connectivity index (χ0v) is 14.8. The average molecular weight is 321 g/mol. The summed E-state index contributed by atoms with van der Waals surface area (Å²) in [4.78, 5) is 23.8. The van der Waals surface area contributed by atoms with Gasteiger partial charge in [0.1, 0.15) is 23.0 Å². The van der Waals surface area contributed by atoms with Crippen LogP contribution in [0.25, 0.3) is 0 Å². The summed E-state index contributed by atoms with van der Waals surface area (Å²) in [5.74, 6) is -0.265. The molecule has 0 radical (unpaired) electrons. The van der Waals surface area contributed by atoms with Gasteiger partial charge in [-0.05, 0) is 41.5 Å². The molecule has 0 bridgehead atoms. The predicted octanol–water partition coefficient (Wildman–Crippen LogP) is 1.99. The largest absolute Gasteiger partial charge is 0.617 e. The van der Waals surface area contributed by atoms with Gasteiger partial charge in [-0.25, -0.2) is 9.59 Å². The van der Waals surface area contributed by atoms with Gasteiger partial charge in [0.25, 0.3) is 0 Å². The third-order valence-electron chi connectivity index (χ3n) is 2.08. The molecule has 0 aliphatic carbocycles. The van der Waals surface area contributed by atoms with Gasteiger partial charge in [0.2, 0.25) is 0 Å². The first-order chi connectivity index (χ1) is 9.30. The first kappa shape index (κ1) is 20.1. The summed E-state index contributed by atoms with van der Waals surface area (Å²) >= 11 is -1.06. The maximum absolute atomic E-state index is 12.1. The van der Waals surface area contributed by atoms with Crippen molar-refractivity contribution >= 4 is 23.2 Å². The summed E-state index contributed by atoms with van der Waals surface area (Å²) in [5, 5.41) is 2.48. The Morgan fingerprint density at radius 2 is 1.57 bits per heavy atom. The van der Waals surface area contributed by atoms with E-state index in [9.17, 15) is 14.1 Å². The lowest BCUT2D eigenvalue weighted by Crippen LogP contribution is -2.46. The highest BCUT2D eigenvalue weighted by atomic mass is 32.2. The zero-order chi connectivity index (χ0) is 16.8. The minimum atomic E-state index is -1.06. The molecule has 2 atom stereocenters. The highest BCUT2D eigenvalue weighted by molar-refractivity contribution is 7.90. The fourth-order valence-corrected chi connectivity index (χ4v) is 1.92. The van der Waals surface area contributed by atoms with Gasteiger partial charge < -0.3 is 19.3 Å². The molecule has 1 unspecified atom stereocenters. The maximum Gasteiger partial charge on any atom is 0.408 e. The predicted molar refractivity (Wildman–Crippen MR) is 82.6 cm³/mol. The summed E-state index contributed by atoms with van der Waals surface area (Å²) in [6, 6.07) is -0.872. The fourth-order valence-electron chi connectivity index (χ4n) is 1.36. The van der Waals surface area contributed by atoms with E-state index < -0.39 is 40.5 Å². The van der Waals surface area contributed by atoms with Crippen LogP contribution in [0, 0.1) is 0 Å². The SMILES string of the molecule is C[S+]([O-])CC[C@H](NC(=O)OC(C)(C)C)C(=O)OC(C)(C)C. The number of alkyl carbamates (subject to hydrolysis) is 1. The van der Waals surface area contributed by atoms with Crippen LogP contribution < -0.4 is 5.32 Å². The lowest BCUT2D eigenvalue weighted by Gasteiger charge is -2.26. The molecule has 1 N–H and O–H groups in total. The number of carbonyl (C=O) groups is 2. The van der Waals surface area contributed by atoms with Crippen molar-refractivity contribution in [3.8, 4) is 0 Å². The monoisotopic (exact) mass is 321 g/mol. The van der Waals surface area contributed by atoms with E-state index in [2.05, 4.69) is 5.32 Å². The normalized spacial score (nSPS) is 15.0. The quantitative estimate of drug-likeness (QED) is 0.618. The molecule has 0 fully saturated rings. The van der Waals surface area contributed by atoms with Crippen LogP contribution in [0.1, 0.15) is 48.0 Å². The van der Waals surface area contributed by atoms with Gasteiger partial charge in [-0.15, -0.1) is 0 Å². The Morgan fingerprint density at radius 3 is 1.95 bits per heavy atom. The number of carbonyl (C=O) groups excluding carboxylic acids is 2. The Kier molecular flexibility index (Phi) is 7.53. The highest BCUT2D eigenvalue weighted by Crippen LogP contribution is 2.12. The fraction of sp³-hybridized carbons (Fsp3) is 0.857. The molecule has 0 rings (SSSR count). The molecule has 0 aromatic carbocycles. The molecule has 0 saturated carbocycles. The molecular formula is C14H27NO5S. The summed E-state index contributed by atoms with van der Waals surface area (Å²) in [5.41, 5.74) is -1.31. The number of rotatable bonds is 5. The second kappa shape index (κ2) is 7.89. The number of hydrogen-bond acceptors (Lipinski definition) is 5. The van der Waals surface area contributed by atoms with E-state index in [1.807, 2.05) is 0 Å². The van der Waals surface area contributed by atoms with Crippen LogP contribution in [-0.2, 0) is 25.4 Å². The molecular weight excluding hydrogens is 294 g/mol. The van der Waals surface area contributed by atoms with Crippen LogP contribution in [0.2, 0.25) is 0 Å². The van der Waals surface area contributed by atoms with Crippen molar-refractivity contribution in [2.75, 3.05) is 12.0 Å². The Bertz CT molecular complexity index is 357. The van der Waals surface area contributed by atoms with Gasteiger partial charge in [0.15, 0.2) is 0 Å². The molecule has 7 heteroatoms. The summed E-state index contributed by atoms with van der Waals surface area (Å²) < 4.78 is 21.6. The first-order valence-electron chi connectivity index (χ1n) is 6.82. The number of ether oxygens (including phenoxy) is 2. The van der Waals surface area contributed by atoms with E-state index >= 15 is 0 Å². The second-order valence-corrected chi connectivity index (χ2v) is 8.35. The van der Waals surface area contributed by atoms with Gasteiger partial charge in [-0.3, -0.25) is 0 Å².